The third-order valence-corrected chi connectivity index (χ3v) is 3.95. The Balaban J connectivity index is 1.71. The number of carbonyl (C=O) groups excluding carboxylic acids is 2. The van der Waals surface area contributed by atoms with Crippen LogP contribution in [0.4, 0.5) is 21.7 Å². The highest BCUT2D eigenvalue weighted by Crippen LogP contribution is 2.21. The second-order valence-corrected chi connectivity index (χ2v) is 6.02. The van der Waals surface area contributed by atoms with Crippen molar-refractivity contribution in [2.45, 2.75) is 6.92 Å². The zero-order chi connectivity index (χ0) is 19.4. The second kappa shape index (κ2) is 7.92. The smallest absolute Gasteiger partial charge is 0.261 e. The molecule has 0 aliphatic rings. The van der Waals surface area contributed by atoms with Gasteiger partial charge in [-0.1, -0.05) is 29.8 Å². The maximum absolute atomic E-state index is 13.8. The van der Waals surface area contributed by atoms with E-state index in [-0.39, 0.29) is 22.2 Å². The summed E-state index contributed by atoms with van der Waals surface area (Å²) in [6.07, 6.45) is 0. The quantitative estimate of drug-likeness (QED) is 0.634. The van der Waals surface area contributed by atoms with Crippen LogP contribution in [0.3, 0.4) is 0 Å². The molecule has 2 N–H and O–H groups in total. The monoisotopic (exact) mass is 384 g/mol. The first-order chi connectivity index (χ1) is 12.9. The molecule has 0 spiro atoms. The van der Waals surface area contributed by atoms with Crippen LogP contribution in [-0.4, -0.2) is 21.9 Å². The second-order valence-electron chi connectivity index (χ2n) is 5.62. The Morgan fingerprint density at radius 3 is 2.37 bits per heavy atom. The van der Waals surface area contributed by atoms with Gasteiger partial charge in [0.2, 0.25) is 0 Å². The largest absolute Gasteiger partial charge is 0.339 e. The Labute approximate surface area is 159 Å². The molecule has 3 rings (SSSR count). The molecule has 1 heterocycles. The number of nitrogens with zero attached hydrogens (tertiary/aromatic N) is 2. The van der Waals surface area contributed by atoms with Crippen LogP contribution >= 0.6 is 11.6 Å². The minimum absolute atomic E-state index is 0.00380. The fourth-order valence-corrected chi connectivity index (χ4v) is 2.57. The Bertz CT molecular complexity index is 989. The van der Waals surface area contributed by atoms with Gasteiger partial charge in [0.15, 0.2) is 17.4 Å². The molecular formula is C19H14ClFN4O2. The summed E-state index contributed by atoms with van der Waals surface area (Å²) in [7, 11) is 0. The van der Waals surface area contributed by atoms with Crippen LogP contribution in [-0.2, 0) is 0 Å². The molecule has 0 bridgehead atoms. The van der Waals surface area contributed by atoms with E-state index < -0.39 is 11.7 Å². The molecule has 0 saturated heterocycles. The van der Waals surface area contributed by atoms with Gasteiger partial charge in [-0.3, -0.25) is 9.59 Å². The molecule has 0 unspecified atom stereocenters. The lowest BCUT2D eigenvalue weighted by Crippen LogP contribution is -2.15. The standard InChI is InChI=1S/C19H14ClFN4O2/c1-11(26)12-4-2-5-13(10-12)22-16-8-9-17(25-24-16)23-19(27)18-14(20)6-3-7-15(18)21/h2-10H,1H3,(H,22,24)(H,23,25,27). The third-order valence-electron chi connectivity index (χ3n) is 3.64. The normalized spacial score (nSPS) is 10.3. The summed E-state index contributed by atoms with van der Waals surface area (Å²) in [4.78, 5) is 23.6. The van der Waals surface area contributed by atoms with Gasteiger partial charge in [-0.25, -0.2) is 4.39 Å². The summed E-state index contributed by atoms with van der Waals surface area (Å²) in [5.74, 6) is -0.937. The number of anilines is 3. The number of halogens is 2. The third kappa shape index (κ3) is 4.45. The summed E-state index contributed by atoms with van der Waals surface area (Å²) >= 11 is 5.87. The molecule has 136 valence electrons. The van der Waals surface area contributed by atoms with Crippen molar-refractivity contribution in [2.24, 2.45) is 0 Å². The Kier molecular flexibility index (Phi) is 5.42. The SMILES string of the molecule is CC(=O)c1cccc(Nc2ccc(NC(=O)c3c(F)cccc3Cl)nn2)c1. The summed E-state index contributed by atoms with van der Waals surface area (Å²) in [5, 5.41) is 13.3. The van der Waals surface area contributed by atoms with Gasteiger partial charge < -0.3 is 10.6 Å². The summed E-state index contributed by atoms with van der Waals surface area (Å²) < 4.78 is 13.8. The highest BCUT2D eigenvalue weighted by molar-refractivity contribution is 6.34. The topological polar surface area (TPSA) is 84.0 Å². The van der Waals surface area contributed by atoms with Crippen LogP contribution in [0.5, 0.6) is 0 Å². The average Bonchev–Trinajstić information content (AvgIpc) is 2.63. The first kappa shape index (κ1) is 18.5. The molecule has 1 amide bonds. The molecule has 6 nitrogen and oxygen atoms in total. The van der Waals surface area contributed by atoms with Crippen molar-refractivity contribution >= 4 is 40.6 Å². The fourth-order valence-electron chi connectivity index (χ4n) is 2.32. The highest BCUT2D eigenvalue weighted by atomic mass is 35.5. The first-order valence-electron chi connectivity index (χ1n) is 7.91. The molecule has 27 heavy (non-hydrogen) atoms. The molecule has 0 atom stereocenters. The molecule has 0 aliphatic heterocycles. The van der Waals surface area contributed by atoms with Crippen LogP contribution in [0.1, 0.15) is 27.6 Å². The van der Waals surface area contributed by atoms with E-state index in [4.69, 9.17) is 11.6 Å². The van der Waals surface area contributed by atoms with E-state index in [9.17, 15) is 14.0 Å². The molecule has 1 aromatic heterocycles. The minimum atomic E-state index is -0.725. The summed E-state index contributed by atoms with van der Waals surface area (Å²) in [5.41, 5.74) is 0.981. The molecule has 2 aromatic carbocycles. The highest BCUT2D eigenvalue weighted by Gasteiger charge is 2.16. The van der Waals surface area contributed by atoms with Crippen LogP contribution in [0.2, 0.25) is 5.02 Å². The number of nitrogens with one attached hydrogen (secondary N) is 2. The van der Waals surface area contributed by atoms with Crippen molar-refractivity contribution < 1.29 is 14.0 Å². The lowest BCUT2D eigenvalue weighted by atomic mass is 10.1. The van der Waals surface area contributed by atoms with Gasteiger partial charge in [0, 0.05) is 11.3 Å². The number of hydrogen-bond acceptors (Lipinski definition) is 5. The zero-order valence-electron chi connectivity index (χ0n) is 14.2. The molecule has 8 heteroatoms. The zero-order valence-corrected chi connectivity index (χ0v) is 14.9. The van der Waals surface area contributed by atoms with Gasteiger partial charge in [-0.05, 0) is 43.3 Å². The number of rotatable bonds is 5. The van der Waals surface area contributed by atoms with Gasteiger partial charge >= 0.3 is 0 Å². The number of amides is 1. The molecule has 0 fully saturated rings. The number of carbonyl (C=O) groups is 2. The molecule has 3 aromatic rings. The van der Waals surface area contributed by atoms with Crippen molar-refractivity contribution in [3.8, 4) is 0 Å². The van der Waals surface area contributed by atoms with Crippen molar-refractivity contribution in [1.82, 2.24) is 10.2 Å². The number of aromatic nitrogens is 2. The molecule has 0 aliphatic carbocycles. The van der Waals surface area contributed by atoms with Crippen molar-refractivity contribution in [1.29, 1.82) is 0 Å². The van der Waals surface area contributed by atoms with Crippen LogP contribution in [0.15, 0.2) is 54.6 Å². The van der Waals surface area contributed by atoms with Crippen LogP contribution < -0.4 is 10.6 Å². The molecule has 0 saturated carbocycles. The van der Waals surface area contributed by atoms with Gasteiger partial charge in [-0.2, -0.15) is 0 Å². The van der Waals surface area contributed by atoms with Gasteiger partial charge in [0.25, 0.3) is 5.91 Å². The van der Waals surface area contributed by atoms with Gasteiger partial charge in [-0.15, -0.1) is 10.2 Å². The van der Waals surface area contributed by atoms with E-state index in [1.54, 1.807) is 30.3 Å². The number of Topliss-reactive ketones (excluding diaryl/α,β-unsaturated/α-hetero) is 1. The van der Waals surface area contributed by atoms with E-state index in [1.807, 2.05) is 0 Å². The lowest BCUT2D eigenvalue weighted by Gasteiger charge is -2.08. The summed E-state index contributed by atoms with van der Waals surface area (Å²) in [6, 6.07) is 14.0. The first-order valence-corrected chi connectivity index (χ1v) is 8.29. The van der Waals surface area contributed by atoms with E-state index in [0.29, 0.717) is 17.1 Å². The predicted molar refractivity (Wildman–Crippen MR) is 101 cm³/mol. The van der Waals surface area contributed by atoms with Crippen LogP contribution in [0, 0.1) is 5.82 Å². The summed E-state index contributed by atoms with van der Waals surface area (Å²) in [6.45, 7) is 1.48. The maximum Gasteiger partial charge on any atom is 0.261 e. The van der Waals surface area contributed by atoms with Gasteiger partial charge in [0.1, 0.15) is 5.82 Å². The van der Waals surface area contributed by atoms with Crippen molar-refractivity contribution in [3.05, 3.63) is 76.6 Å². The van der Waals surface area contributed by atoms with Gasteiger partial charge in [0.05, 0.1) is 10.6 Å². The minimum Gasteiger partial charge on any atom is -0.339 e. The Morgan fingerprint density at radius 2 is 1.70 bits per heavy atom. The number of ketones is 1. The van der Waals surface area contributed by atoms with E-state index in [0.717, 1.165) is 6.07 Å². The number of hydrogen-bond donors (Lipinski definition) is 2. The Hall–Kier alpha value is -3.32. The Morgan fingerprint density at radius 1 is 1.00 bits per heavy atom. The van der Waals surface area contributed by atoms with E-state index in [2.05, 4.69) is 20.8 Å². The fraction of sp³-hybridized carbons (Fsp3) is 0.0526. The molecular weight excluding hydrogens is 371 g/mol. The molecule has 0 radical (unpaired) electrons. The van der Waals surface area contributed by atoms with E-state index in [1.165, 1.54) is 25.1 Å². The number of benzene rings is 2. The van der Waals surface area contributed by atoms with Crippen molar-refractivity contribution in [3.63, 3.8) is 0 Å². The van der Waals surface area contributed by atoms with E-state index >= 15 is 0 Å². The maximum atomic E-state index is 13.8. The van der Waals surface area contributed by atoms with Crippen LogP contribution in [0.25, 0.3) is 0 Å². The lowest BCUT2D eigenvalue weighted by molar-refractivity contribution is 0.101. The predicted octanol–water partition coefficient (Wildman–Crippen LogP) is 4.47. The van der Waals surface area contributed by atoms with Crippen molar-refractivity contribution in [2.75, 3.05) is 10.6 Å². The average molecular weight is 385 g/mol.